The van der Waals surface area contributed by atoms with E-state index in [0.717, 1.165) is 25.0 Å². The van der Waals surface area contributed by atoms with Crippen molar-refractivity contribution < 1.29 is 19.2 Å². The van der Waals surface area contributed by atoms with Gasteiger partial charge in [-0.3, -0.25) is 24.5 Å². The minimum atomic E-state index is -0.857. The van der Waals surface area contributed by atoms with E-state index in [4.69, 9.17) is 0 Å². The van der Waals surface area contributed by atoms with Crippen LogP contribution >= 0.6 is 11.8 Å². The SMILES string of the molecule is CC(=O)SCCCCC[C@H](NC(=O)[C@@H]1NCC1=O)C(=O)Nc1ccccc1. The Morgan fingerprint density at radius 3 is 2.52 bits per heavy atom. The number of benzene rings is 1. The number of thioether (sulfide) groups is 1. The number of unbranched alkanes of at least 4 members (excludes halogenated alkanes) is 2. The third-order valence-electron chi connectivity index (χ3n) is 4.18. The fourth-order valence-corrected chi connectivity index (χ4v) is 3.28. The number of hydrogen-bond donors (Lipinski definition) is 3. The third kappa shape index (κ3) is 7.15. The smallest absolute Gasteiger partial charge is 0.246 e. The standard InChI is InChI=1S/C19H25N3O4S/c1-13(23)27-11-7-3-6-10-15(22-19(26)17-16(24)12-20-17)18(25)21-14-8-4-2-5-9-14/h2,4-5,8-9,15,17,20H,3,6-7,10-12H2,1H3,(H,21,25)(H,22,26)/t15-,17+/m0/s1. The second-order valence-electron chi connectivity index (χ2n) is 6.39. The maximum Gasteiger partial charge on any atom is 0.246 e. The molecule has 8 heteroatoms. The molecule has 0 unspecified atom stereocenters. The van der Waals surface area contributed by atoms with Gasteiger partial charge in [-0.25, -0.2) is 0 Å². The van der Waals surface area contributed by atoms with Crippen LogP contribution in [0.1, 0.15) is 32.6 Å². The number of hydrogen-bond acceptors (Lipinski definition) is 6. The first-order valence-corrected chi connectivity index (χ1v) is 10.0. The molecular weight excluding hydrogens is 366 g/mol. The predicted octanol–water partition coefficient (Wildman–Crippen LogP) is 1.49. The molecule has 1 saturated heterocycles. The molecule has 2 rings (SSSR count). The molecule has 1 aliphatic heterocycles. The average molecular weight is 391 g/mol. The molecule has 2 amide bonds. The van der Waals surface area contributed by atoms with Crippen molar-refractivity contribution >= 4 is 40.2 Å². The van der Waals surface area contributed by atoms with Crippen LogP contribution in [0.15, 0.2) is 30.3 Å². The van der Waals surface area contributed by atoms with E-state index >= 15 is 0 Å². The Kier molecular flexibility index (Phi) is 8.47. The Labute approximate surface area is 163 Å². The molecule has 1 fully saturated rings. The van der Waals surface area contributed by atoms with Crippen molar-refractivity contribution in [2.24, 2.45) is 0 Å². The zero-order valence-electron chi connectivity index (χ0n) is 15.3. The largest absolute Gasteiger partial charge is 0.343 e. The number of carbonyl (C=O) groups is 4. The molecule has 7 nitrogen and oxygen atoms in total. The van der Waals surface area contributed by atoms with Gasteiger partial charge in [-0.1, -0.05) is 42.8 Å². The van der Waals surface area contributed by atoms with Gasteiger partial charge in [0.1, 0.15) is 12.1 Å². The number of amides is 2. The van der Waals surface area contributed by atoms with Crippen LogP contribution in [-0.4, -0.2) is 47.1 Å². The summed E-state index contributed by atoms with van der Waals surface area (Å²) in [7, 11) is 0. The lowest BCUT2D eigenvalue weighted by molar-refractivity contribution is -0.137. The van der Waals surface area contributed by atoms with E-state index in [1.807, 2.05) is 18.2 Å². The summed E-state index contributed by atoms with van der Waals surface area (Å²) in [6.45, 7) is 1.73. The van der Waals surface area contributed by atoms with Gasteiger partial charge in [0, 0.05) is 18.4 Å². The van der Waals surface area contributed by atoms with Crippen LogP contribution in [0, 0.1) is 0 Å². The summed E-state index contributed by atoms with van der Waals surface area (Å²) in [4.78, 5) is 47.2. The van der Waals surface area contributed by atoms with E-state index in [1.54, 1.807) is 19.1 Å². The molecular formula is C19H25N3O4S. The molecule has 0 radical (unpaired) electrons. The maximum absolute atomic E-state index is 12.6. The monoisotopic (exact) mass is 391 g/mol. The van der Waals surface area contributed by atoms with E-state index in [9.17, 15) is 19.2 Å². The lowest BCUT2D eigenvalue weighted by atomic mass is 10.0. The normalized spacial score (nSPS) is 16.9. The highest BCUT2D eigenvalue weighted by Gasteiger charge is 2.35. The van der Waals surface area contributed by atoms with Crippen molar-refractivity contribution in [1.82, 2.24) is 10.6 Å². The summed E-state index contributed by atoms with van der Waals surface area (Å²) in [5.41, 5.74) is 0.650. The molecule has 0 saturated carbocycles. The van der Waals surface area contributed by atoms with E-state index in [2.05, 4.69) is 16.0 Å². The van der Waals surface area contributed by atoms with Crippen molar-refractivity contribution in [3.05, 3.63) is 30.3 Å². The van der Waals surface area contributed by atoms with Gasteiger partial charge in [0.15, 0.2) is 10.9 Å². The van der Waals surface area contributed by atoms with Crippen molar-refractivity contribution in [2.45, 2.75) is 44.7 Å². The topological polar surface area (TPSA) is 104 Å². The van der Waals surface area contributed by atoms with Gasteiger partial charge in [0.25, 0.3) is 0 Å². The molecule has 0 aromatic heterocycles. The molecule has 1 aromatic rings. The summed E-state index contributed by atoms with van der Waals surface area (Å²) in [5.74, 6) is -0.190. The second-order valence-corrected chi connectivity index (χ2v) is 7.66. The van der Waals surface area contributed by atoms with Gasteiger partial charge in [-0.2, -0.15) is 0 Å². The van der Waals surface area contributed by atoms with Crippen LogP contribution in [0.5, 0.6) is 0 Å². The molecule has 1 aromatic carbocycles. The highest BCUT2D eigenvalue weighted by atomic mass is 32.2. The molecule has 0 bridgehead atoms. The zero-order valence-corrected chi connectivity index (χ0v) is 16.1. The summed E-state index contributed by atoms with van der Waals surface area (Å²) < 4.78 is 0. The third-order valence-corrected chi connectivity index (χ3v) is 5.08. The van der Waals surface area contributed by atoms with E-state index in [0.29, 0.717) is 12.1 Å². The second kappa shape index (κ2) is 10.8. The van der Waals surface area contributed by atoms with Crippen LogP contribution in [0.3, 0.4) is 0 Å². The minimum absolute atomic E-state index is 0.0973. The van der Waals surface area contributed by atoms with Crippen LogP contribution in [0.2, 0.25) is 0 Å². The quantitative estimate of drug-likeness (QED) is 0.412. The molecule has 1 aliphatic rings. The van der Waals surface area contributed by atoms with Gasteiger partial charge >= 0.3 is 0 Å². The molecule has 27 heavy (non-hydrogen) atoms. The van der Waals surface area contributed by atoms with Crippen LogP contribution in [0.4, 0.5) is 5.69 Å². The van der Waals surface area contributed by atoms with Crippen LogP contribution in [0.25, 0.3) is 0 Å². The Morgan fingerprint density at radius 1 is 1.19 bits per heavy atom. The first-order valence-electron chi connectivity index (χ1n) is 9.03. The van der Waals surface area contributed by atoms with Gasteiger partial charge in [0.2, 0.25) is 11.8 Å². The van der Waals surface area contributed by atoms with Crippen molar-refractivity contribution in [1.29, 1.82) is 0 Å². The lowest BCUT2D eigenvalue weighted by Gasteiger charge is -2.27. The number of rotatable bonds is 10. The number of ketones is 1. The van der Waals surface area contributed by atoms with E-state index in [1.165, 1.54) is 11.8 Å². The van der Waals surface area contributed by atoms with Crippen molar-refractivity contribution in [3.8, 4) is 0 Å². The fraction of sp³-hybridized carbons (Fsp3) is 0.474. The highest BCUT2D eigenvalue weighted by Crippen LogP contribution is 2.12. The summed E-state index contributed by atoms with van der Waals surface area (Å²) >= 11 is 1.29. The van der Waals surface area contributed by atoms with Gasteiger partial charge in [-0.15, -0.1) is 0 Å². The Balaban J connectivity index is 1.86. The van der Waals surface area contributed by atoms with Crippen molar-refractivity contribution in [3.63, 3.8) is 0 Å². The molecule has 2 atom stereocenters. The molecule has 3 N–H and O–H groups in total. The average Bonchev–Trinajstić information content (AvgIpc) is 2.62. The number of nitrogens with one attached hydrogen (secondary N) is 3. The first kappa shape index (κ1) is 21.1. The van der Waals surface area contributed by atoms with Gasteiger partial charge in [-0.05, 0) is 25.0 Å². The number of Topliss-reactive ketones (excluding diaryl/α,β-unsaturated/α-hetero) is 1. The van der Waals surface area contributed by atoms with Crippen LogP contribution in [-0.2, 0) is 19.2 Å². The Bertz CT molecular complexity index is 681. The number of carbonyl (C=O) groups excluding carboxylic acids is 4. The zero-order chi connectivity index (χ0) is 19.6. The number of anilines is 1. The summed E-state index contributed by atoms with van der Waals surface area (Å²) in [6, 6.07) is 7.44. The number of para-hydroxylation sites is 1. The van der Waals surface area contributed by atoms with Gasteiger partial charge in [0.05, 0.1) is 6.54 Å². The summed E-state index contributed by atoms with van der Waals surface area (Å²) in [5, 5.41) is 8.33. The van der Waals surface area contributed by atoms with E-state index < -0.39 is 18.0 Å². The Hall–Kier alpha value is -2.19. The fourth-order valence-electron chi connectivity index (χ4n) is 2.64. The lowest BCUT2D eigenvalue weighted by Crippen LogP contribution is -2.63. The van der Waals surface area contributed by atoms with Crippen LogP contribution < -0.4 is 16.0 Å². The van der Waals surface area contributed by atoms with Crippen molar-refractivity contribution in [2.75, 3.05) is 17.6 Å². The maximum atomic E-state index is 12.6. The minimum Gasteiger partial charge on any atom is -0.343 e. The molecule has 146 valence electrons. The summed E-state index contributed by atoms with van der Waals surface area (Å²) in [6.07, 6.45) is 2.92. The Morgan fingerprint density at radius 2 is 1.93 bits per heavy atom. The molecule has 1 heterocycles. The highest BCUT2D eigenvalue weighted by molar-refractivity contribution is 8.13. The molecule has 0 spiro atoms. The van der Waals surface area contributed by atoms with Gasteiger partial charge < -0.3 is 10.6 Å². The molecule has 0 aliphatic carbocycles. The van der Waals surface area contributed by atoms with E-state index in [-0.39, 0.29) is 23.4 Å². The predicted molar refractivity (Wildman–Crippen MR) is 105 cm³/mol. The first-order chi connectivity index (χ1) is 13.0.